The van der Waals surface area contributed by atoms with E-state index in [1.165, 1.54) is 5.56 Å². The zero-order chi connectivity index (χ0) is 18.6. The number of amides is 1. The summed E-state index contributed by atoms with van der Waals surface area (Å²) in [6, 6.07) is 15.9. The fraction of sp³-hybridized carbons (Fsp3) is 0.381. The molecule has 0 saturated carbocycles. The number of carbonyl (C=O) groups is 1. The largest absolute Gasteiger partial charge is 0.454 e. The Morgan fingerprint density at radius 1 is 0.963 bits per heavy atom. The molecular weight excluding hydrogens is 342 g/mol. The quantitative estimate of drug-likeness (QED) is 0.841. The Morgan fingerprint density at radius 2 is 1.70 bits per heavy atom. The lowest BCUT2D eigenvalue weighted by atomic mass is 10.0. The number of hydrogen-bond acceptors (Lipinski definition) is 5. The van der Waals surface area contributed by atoms with Gasteiger partial charge < -0.3 is 15.2 Å². The molecule has 1 unspecified atom stereocenters. The van der Waals surface area contributed by atoms with Crippen LogP contribution in [0.5, 0.6) is 11.5 Å². The van der Waals surface area contributed by atoms with Gasteiger partial charge in [0.2, 0.25) is 12.7 Å². The molecule has 1 atom stereocenters. The highest BCUT2D eigenvalue weighted by molar-refractivity contribution is 5.80. The van der Waals surface area contributed by atoms with Crippen LogP contribution in [0.2, 0.25) is 0 Å². The summed E-state index contributed by atoms with van der Waals surface area (Å²) in [4.78, 5) is 16.6. The van der Waals surface area contributed by atoms with Crippen molar-refractivity contribution in [3.05, 3.63) is 59.7 Å². The lowest BCUT2D eigenvalue weighted by Gasteiger charge is -2.38. The van der Waals surface area contributed by atoms with E-state index < -0.39 is 0 Å². The van der Waals surface area contributed by atoms with Crippen molar-refractivity contribution < 1.29 is 14.3 Å². The molecular formula is C21H25N3O3. The maximum absolute atomic E-state index is 12.0. The van der Waals surface area contributed by atoms with E-state index in [1.54, 1.807) is 0 Å². The molecule has 6 nitrogen and oxygen atoms in total. The molecule has 27 heavy (non-hydrogen) atoms. The summed E-state index contributed by atoms with van der Waals surface area (Å²) in [5.74, 6) is 1.39. The third-order valence-corrected chi connectivity index (χ3v) is 5.29. The normalized spacial score (nSPS) is 18.4. The molecule has 0 bridgehead atoms. The van der Waals surface area contributed by atoms with E-state index in [0.717, 1.165) is 49.8 Å². The smallest absolute Gasteiger partial charge is 0.235 e. The highest BCUT2D eigenvalue weighted by Gasteiger charge is 2.28. The molecule has 2 heterocycles. The van der Waals surface area contributed by atoms with E-state index in [9.17, 15) is 4.79 Å². The van der Waals surface area contributed by atoms with Crippen LogP contribution in [-0.2, 0) is 17.8 Å². The second kappa shape index (κ2) is 7.98. The summed E-state index contributed by atoms with van der Waals surface area (Å²) < 4.78 is 10.8. The van der Waals surface area contributed by atoms with E-state index in [-0.39, 0.29) is 11.9 Å². The van der Waals surface area contributed by atoms with Crippen LogP contribution in [-0.4, -0.2) is 54.7 Å². The molecule has 0 aromatic heterocycles. The van der Waals surface area contributed by atoms with Gasteiger partial charge in [-0.3, -0.25) is 14.6 Å². The van der Waals surface area contributed by atoms with E-state index in [2.05, 4.69) is 21.9 Å². The van der Waals surface area contributed by atoms with E-state index >= 15 is 0 Å². The van der Waals surface area contributed by atoms with Gasteiger partial charge >= 0.3 is 0 Å². The van der Waals surface area contributed by atoms with E-state index in [1.807, 2.05) is 36.4 Å². The molecule has 1 amide bonds. The van der Waals surface area contributed by atoms with Gasteiger partial charge in [0.05, 0.1) is 6.04 Å². The molecule has 4 rings (SSSR count). The molecule has 142 valence electrons. The number of piperazine rings is 1. The van der Waals surface area contributed by atoms with Crippen LogP contribution < -0.4 is 15.2 Å². The summed E-state index contributed by atoms with van der Waals surface area (Å²) in [7, 11) is 0. The second-order valence-corrected chi connectivity index (χ2v) is 7.11. The average molecular weight is 367 g/mol. The first kappa shape index (κ1) is 17.8. The molecule has 2 aliphatic rings. The number of nitrogens with zero attached hydrogens (tertiary/aromatic N) is 2. The van der Waals surface area contributed by atoms with Crippen molar-refractivity contribution in [2.24, 2.45) is 5.73 Å². The highest BCUT2D eigenvalue weighted by atomic mass is 16.7. The second-order valence-electron chi connectivity index (χ2n) is 7.11. The van der Waals surface area contributed by atoms with E-state index in [4.69, 9.17) is 15.2 Å². The van der Waals surface area contributed by atoms with Gasteiger partial charge in [-0.1, -0.05) is 36.4 Å². The number of ether oxygens (including phenoxy) is 2. The summed E-state index contributed by atoms with van der Waals surface area (Å²) >= 11 is 0. The van der Waals surface area contributed by atoms with Crippen LogP contribution in [0.4, 0.5) is 0 Å². The first-order valence-corrected chi connectivity index (χ1v) is 9.37. The minimum Gasteiger partial charge on any atom is -0.454 e. The Morgan fingerprint density at radius 3 is 2.44 bits per heavy atom. The van der Waals surface area contributed by atoms with Gasteiger partial charge in [-0.15, -0.1) is 0 Å². The zero-order valence-electron chi connectivity index (χ0n) is 15.3. The van der Waals surface area contributed by atoms with Gasteiger partial charge in [0.15, 0.2) is 11.5 Å². The van der Waals surface area contributed by atoms with Gasteiger partial charge in [-0.25, -0.2) is 0 Å². The molecule has 0 aliphatic carbocycles. The van der Waals surface area contributed by atoms with Crippen molar-refractivity contribution >= 4 is 5.91 Å². The van der Waals surface area contributed by atoms with E-state index in [0.29, 0.717) is 13.2 Å². The van der Waals surface area contributed by atoms with Gasteiger partial charge in [-0.2, -0.15) is 0 Å². The standard InChI is InChI=1S/C21H25N3O3/c22-21(25)18(12-16-4-2-1-3-5-16)24-10-8-23(9-11-24)14-17-6-7-19-20(13-17)27-15-26-19/h1-7,13,18H,8-12,14-15H2,(H2,22,25). The number of rotatable bonds is 6. The third kappa shape index (κ3) is 4.23. The van der Waals surface area contributed by atoms with Crippen LogP contribution in [0.1, 0.15) is 11.1 Å². The first-order valence-electron chi connectivity index (χ1n) is 9.37. The number of hydrogen-bond donors (Lipinski definition) is 1. The molecule has 6 heteroatoms. The van der Waals surface area contributed by atoms with Crippen LogP contribution in [0.15, 0.2) is 48.5 Å². The molecule has 1 fully saturated rings. The van der Waals surface area contributed by atoms with Crippen molar-refractivity contribution in [3.63, 3.8) is 0 Å². The van der Waals surface area contributed by atoms with Crippen LogP contribution in [0, 0.1) is 0 Å². The fourth-order valence-corrected chi connectivity index (χ4v) is 3.78. The zero-order valence-corrected chi connectivity index (χ0v) is 15.3. The van der Waals surface area contributed by atoms with Crippen molar-refractivity contribution in [3.8, 4) is 11.5 Å². The Hall–Kier alpha value is -2.57. The fourth-order valence-electron chi connectivity index (χ4n) is 3.78. The monoisotopic (exact) mass is 367 g/mol. The van der Waals surface area contributed by atoms with Crippen molar-refractivity contribution in [2.45, 2.75) is 19.0 Å². The first-order chi connectivity index (χ1) is 13.2. The Kier molecular flexibility index (Phi) is 5.27. The lowest BCUT2D eigenvalue weighted by molar-refractivity contribution is -0.124. The molecule has 2 N–H and O–H groups in total. The number of fused-ring (bicyclic) bond motifs is 1. The van der Waals surface area contributed by atoms with Crippen LogP contribution >= 0.6 is 0 Å². The molecule has 2 aromatic rings. The number of carbonyl (C=O) groups excluding carboxylic acids is 1. The minimum absolute atomic E-state index is 0.247. The van der Waals surface area contributed by atoms with Gasteiger partial charge in [0, 0.05) is 32.7 Å². The Balaban J connectivity index is 1.34. The maximum atomic E-state index is 12.0. The highest BCUT2D eigenvalue weighted by Crippen LogP contribution is 2.32. The Bertz CT molecular complexity index is 789. The summed E-state index contributed by atoms with van der Waals surface area (Å²) in [6.07, 6.45) is 0.665. The van der Waals surface area contributed by atoms with Crippen LogP contribution in [0.25, 0.3) is 0 Å². The summed E-state index contributed by atoms with van der Waals surface area (Å²) in [5.41, 5.74) is 8.06. The minimum atomic E-state index is -0.250. The molecule has 1 saturated heterocycles. The summed E-state index contributed by atoms with van der Waals surface area (Å²) in [5, 5.41) is 0. The predicted octanol–water partition coefficient (Wildman–Crippen LogP) is 1.63. The van der Waals surface area contributed by atoms with Crippen molar-refractivity contribution in [1.29, 1.82) is 0 Å². The number of benzene rings is 2. The number of nitrogens with two attached hydrogens (primary N) is 1. The summed E-state index contributed by atoms with van der Waals surface area (Å²) in [6.45, 7) is 4.66. The topological polar surface area (TPSA) is 68.0 Å². The SMILES string of the molecule is NC(=O)C(Cc1ccccc1)N1CCN(Cc2ccc3c(c2)OCO3)CC1. The lowest BCUT2D eigenvalue weighted by Crippen LogP contribution is -2.54. The van der Waals surface area contributed by atoms with Crippen molar-refractivity contribution in [1.82, 2.24) is 9.80 Å². The Labute approximate surface area is 159 Å². The maximum Gasteiger partial charge on any atom is 0.235 e. The molecule has 0 spiro atoms. The van der Waals surface area contributed by atoms with Crippen LogP contribution in [0.3, 0.4) is 0 Å². The predicted molar refractivity (Wildman–Crippen MR) is 103 cm³/mol. The molecule has 2 aliphatic heterocycles. The van der Waals surface area contributed by atoms with Gasteiger partial charge in [0.1, 0.15) is 0 Å². The average Bonchev–Trinajstić information content (AvgIpc) is 3.15. The number of primary amides is 1. The molecule has 0 radical (unpaired) electrons. The van der Waals surface area contributed by atoms with Crippen molar-refractivity contribution in [2.75, 3.05) is 33.0 Å². The van der Waals surface area contributed by atoms with Gasteiger partial charge in [-0.05, 0) is 29.7 Å². The third-order valence-electron chi connectivity index (χ3n) is 5.29. The van der Waals surface area contributed by atoms with Gasteiger partial charge in [0.25, 0.3) is 0 Å². The molecule has 2 aromatic carbocycles.